The van der Waals surface area contributed by atoms with E-state index in [0.717, 1.165) is 71.4 Å². The van der Waals surface area contributed by atoms with Crippen LogP contribution in [0.25, 0.3) is 33.4 Å². The lowest BCUT2D eigenvalue weighted by Crippen LogP contribution is -2.41. The van der Waals surface area contributed by atoms with Crippen LogP contribution in [0, 0.1) is 22.7 Å². The molecule has 2 saturated heterocycles. The standard InChI is InChI=1S/2C20H20BrN.C19H20Br2.C12H24B2O4/c2*1-3-9-20(10-4-2)18-11-14(13-22)5-7-16(18)17-8-6-15(21)12-19(17)20;1-3-9-19(10-4-2)17-11-13(20)5-7-15(17)16-8-6-14(21)12-18(16)19;1-9(2)10(3,4)16-13(15-9)14-17-11(5,6)12(7,8)18-14/h2*5-8,11-12H,3-4,9-10H2,1-2H3;5-8,11-12H,3-4,9-10H2,1-2H3;1-8H3. The van der Waals surface area contributed by atoms with Crippen molar-refractivity contribution in [1.29, 1.82) is 10.5 Å². The Morgan fingerprint density at radius 2 is 0.518 bits per heavy atom. The van der Waals surface area contributed by atoms with Crippen LogP contribution in [0.2, 0.25) is 0 Å². The van der Waals surface area contributed by atoms with Crippen molar-refractivity contribution in [3.8, 4) is 45.5 Å². The second kappa shape index (κ2) is 25.9. The van der Waals surface area contributed by atoms with Gasteiger partial charge in [-0.15, -0.1) is 0 Å². The molecule has 0 atom stereocenters. The third-order valence-electron chi connectivity index (χ3n) is 19.0. The molecule has 6 aromatic carbocycles. The Bertz CT molecular complexity index is 3160. The predicted molar refractivity (Wildman–Crippen MR) is 360 cm³/mol. The first kappa shape index (κ1) is 65.2. The molecule has 2 fully saturated rings. The Hall–Kier alpha value is -3.81. The fraction of sp³-hybridized carbons (Fsp3) is 0.465. The summed E-state index contributed by atoms with van der Waals surface area (Å²) in [7, 11) is -0.952. The summed E-state index contributed by atoms with van der Waals surface area (Å²) in [5.74, 6) is 0. The number of halogens is 4. The predicted octanol–water partition coefficient (Wildman–Crippen LogP) is 21.7. The van der Waals surface area contributed by atoms with E-state index in [1.807, 2.05) is 67.5 Å². The first-order chi connectivity index (χ1) is 39.3. The Labute approximate surface area is 532 Å². The van der Waals surface area contributed by atoms with Crippen molar-refractivity contribution in [2.75, 3.05) is 0 Å². The minimum absolute atomic E-state index is 0.0603. The van der Waals surface area contributed by atoms with Crippen molar-refractivity contribution in [2.24, 2.45) is 0 Å². The molecule has 0 spiro atoms. The zero-order valence-electron chi connectivity index (χ0n) is 51.6. The fourth-order valence-corrected chi connectivity index (χ4v) is 15.5. The van der Waals surface area contributed by atoms with Gasteiger partial charge in [0, 0.05) is 34.1 Å². The van der Waals surface area contributed by atoms with Gasteiger partial charge in [0.1, 0.15) is 0 Å². The highest BCUT2D eigenvalue weighted by Crippen LogP contribution is 2.58. The largest absolute Gasteiger partial charge is 0.488 e. The van der Waals surface area contributed by atoms with Crippen LogP contribution in [0.3, 0.4) is 0 Å². The lowest BCUT2D eigenvalue weighted by molar-refractivity contribution is 0.00578. The minimum Gasteiger partial charge on any atom is -0.405 e. The molecular formula is C71H84B2Br4N2O4. The molecule has 2 aliphatic heterocycles. The second-order valence-electron chi connectivity index (χ2n) is 25.5. The van der Waals surface area contributed by atoms with Crippen LogP contribution in [0.15, 0.2) is 127 Å². The molecule has 0 saturated carbocycles. The molecule has 2 heterocycles. The molecule has 12 heteroatoms. The average Bonchev–Trinajstić information content (AvgIpc) is 2.96. The molecule has 6 nitrogen and oxygen atoms in total. The third-order valence-corrected chi connectivity index (χ3v) is 21.0. The first-order valence-corrected chi connectivity index (χ1v) is 33.5. The summed E-state index contributed by atoms with van der Waals surface area (Å²) in [6.07, 6.45) is 13.9. The van der Waals surface area contributed by atoms with Crippen LogP contribution < -0.4 is 0 Å². The van der Waals surface area contributed by atoms with Gasteiger partial charge in [-0.2, -0.15) is 10.5 Å². The van der Waals surface area contributed by atoms with Crippen LogP contribution in [-0.4, -0.2) is 36.4 Å². The highest BCUT2D eigenvalue weighted by molar-refractivity contribution is 9.11. The summed E-state index contributed by atoms with van der Waals surface area (Å²) >= 11 is 14.6. The molecule has 0 amide bonds. The van der Waals surface area contributed by atoms with Crippen molar-refractivity contribution < 1.29 is 18.6 Å². The topological polar surface area (TPSA) is 84.5 Å². The van der Waals surface area contributed by atoms with Crippen LogP contribution in [-0.2, 0) is 34.9 Å². The summed E-state index contributed by atoms with van der Waals surface area (Å²) < 4.78 is 28.5. The van der Waals surface area contributed by atoms with Gasteiger partial charge in [-0.05, 0) is 233 Å². The first-order valence-electron chi connectivity index (χ1n) is 30.3. The lowest BCUT2D eigenvalue weighted by Gasteiger charge is -2.32. The quantitative estimate of drug-likeness (QED) is 0.107. The van der Waals surface area contributed by atoms with Crippen molar-refractivity contribution in [2.45, 2.75) is 213 Å². The zero-order chi connectivity index (χ0) is 60.5. The van der Waals surface area contributed by atoms with E-state index in [0.29, 0.717) is 0 Å². The summed E-state index contributed by atoms with van der Waals surface area (Å²) in [5, 5.41) is 18.6. The third kappa shape index (κ3) is 12.3. The van der Waals surface area contributed by atoms with Crippen LogP contribution in [0.5, 0.6) is 0 Å². The van der Waals surface area contributed by atoms with E-state index in [1.54, 1.807) is 0 Å². The van der Waals surface area contributed by atoms with E-state index in [4.69, 9.17) is 18.6 Å². The van der Waals surface area contributed by atoms with Gasteiger partial charge in [0.05, 0.1) is 45.7 Å². The molecule has 0 bridgehead atoms. The SMILES string of the molecule is CC1(C)OB(B2OC(C)(C)C(C)(C)O2)OC1(C)C.CCCC1(CCC)c2cc(Br)ccc2-c2ccc(Br)cc21.CCCC1(CCC)c2cc(Br)ccc2-c2ccc(C#N)cc21.CCCC1(CCC)c2cc(Br)ccc2-c2ccc(C#N)cc21. The van der Waals surface area contributed by atoms with Gasteiger partial charge < -0.3 is 18.6 Å². The van der Waals surface area contributed by atoms with Gasteiger partial charge in [-0.3, -0.25) is 0 Å². The van der Waals surface area contributed by atoms with Crippen molar-refractivity contribution in [1.82, 2.24) is 0 Å². The van der Waals surface area contributed by atoms with Crippen molar-refractivity contribution >= 4 is 77.7 Å². The monoisotopic (exact) mass is 1370 g/mol. The van der Waals surface area contributed by atoms with Crippen LogP contribution in [0.4, 0.5) is 0 Å². The smallest absolute Gasteiger partial charge is 0.405 e. The highest BCUT2D eigenvalue weighted by atomic mass is 79.9. The summed E-state index contributed by atoms with van der Waals surface area (Å²) in [4.78, 5) is 0. The number of nitriles is 2. The zero-order valence-corrected chi connectivity index (χ0v) is 57.9. The number of hydrogen-bond acceptors (Lipinski definition) is 6. The maximum Gasteiger partial charge on any atom is 0.488 e. The molecule has 11 rings (SSSR count). The van der Waals surface area contributed by atoms with Gasteiger partial charge in [0.2, 0.25) is 0 Å². The van der Waals surface area contributed by atoms with Crippen molar-refractivity contribution in [3.63, 3.8) is 0 Å². The van der Waals surface area contributed by atoms with E-state index in [-0.39, 0.29) is 38.6 Å². The summed E-state index contributed by atoms with van der Waals surface area (Å²) in [6.45, 7) is 29.8. The minimum atomic E-state index is -0.476. The Kier molecular flexibility index (Phi) is 20.3. The highest BCUT2D eigenvalue weighted by Gasteiger charge is 2.64. The second-order valence-corrected chi connectivity index (χ2v) is 29.2. The molecule has 0 radical (unpaired) electrons. The van der Waals surface area contributed by atoms with Gasteiger partial charge in [0.15, 0.2) is 0 Å². The summed E-state index contributed by atoms with van der Waals surface area (Å²) in [5.41, 5.74) is 17.1. The van der Waals surface area contributed by atoms with Gasteiger partial charge in [-0.25, -0.2) is 0 Å². The lowest BCUT2D eigenvalue weighted by atomic mass is 9.49. The van der Waals surface area contributed by atoms with E-state index < -0.39 is 14.0 Å². The van der Waals surface area contributed by atoms with E-state index in [1.165, 1.54) is 101 Å². The number of hydrogen-bond donors (Lipinski definition) is 0. The van der Waals surface area contributed by atoms with Crippen LogP contribution >= 0.6 is 63.7 Å². The van der Waals surface area contributed by atoms with Crippen molar-refractivity contribution in [3.05, 3.63) is 172 Å². The maximum atomic E-state index is 9.30. The molecule has 436 valence electrons. The van der Waals surface area contributed by atoms with Gasteiger partial charge >= 0.3 is 14.0 Å². The Morgan fingerprint density at radius 1 is 0.325 bits per heavy atom. The normalized spacial score (nSPS) is 18.3. The molecule has 0 aromatic heterocycles. The fourth-order valence-electron chi connectivity index (χ4n) is 14.1. The number of benzene rings is 6. The number of fused-ring (bicyclic) bond motifs is 9. The number of rotatable bonds is 13. The molecule has 0 N–H and O–H groups in total. The summed E-state index contributed by atoms with van der Waals surface area (Å²) in [6, 6.07) is 43.8. The van der Waals surface area contributed by atoms with Gasteiger partial charge in [0.25, 0.3) is 0 Å². The molecular weight excluding hydrogens is 1290 g/mol. The maximum absolute atomic E-state index is 9.30. The van der Waals surface area contributed by atoms with E-state index >= 15 is 0 Å². The molecule has 5 aliphatic rings. The molecule has 3 aliphatic carbocycles. The van der Waals surface area contributed by atoms with E-state index in [9.17, 15) is 10.5 Å². The molecule has 6 aromatic rings. The van der Waals surface area contributed by atoms with E-state index in [2.05, 4.69) is 214 Å². The number of nitrogens with zero attached hydrogens (tertiary/aromatic N) is 2. The molecule has 83 heavy (non-hydrogen) atoms. The molecule has 0 unspecified atom stereocenters. The average molecular weight is 1370 g/mol. The Morgan fingerprint density at radius 3 is 0.711 bits per heavy atom. The van der Waals surface area contributed by atoms with Crippen LogP contribution in [0.1, 0.15) is 218 Å². The van der Waals surface area contributed by atoms with Gasteiger partial charge in [-0.1, -0.05) is 180 Å². The Balaban J connectivity index is 0.000000145.